The SMILES string of the molecule is CC(c1ccc2[nH]ccc2c1O)C1CC1. The standard InChI is InChI=1S/C13H15NO/c1-8(9-2-3-9)10-4-5-12-11(13(10)15)6-7-14-12/h4-9,14-15H,2-3H2,1H3. The molecule has 2 aromatic rings. The predicted octanol–water partition coefficient (Wildman–Crippen LogP) is 3.39. The van der Waals surface area contributed by atoms with Crippen molar-refractivity contribution < 1.29 is 5.11 Å². The van der Waals surface area contributed by atoms with E-state index < -0.39 is 0 Å². The van der Waals surface area contributed by atoms with E-state index in [2.05, 4.69) is 24.0 Å². The van der Waals surface area contributed by atoms with Crippen LogP contribution in [0.15, 0.2) is 24.4 Å². The molecule has 0 saturated heterocycles. The first-order valence-corrected chi connectivity index (χ1v) is 5.56. The molecular weight excluding hydrogens is 186 g/mol. The lowest BCUT2D eigenvalue weighted by Crippen LogP contribution is -1.96. The van der Waals surface area contributed by atoms with Crippen LogP contribution < -0.4 is 0 Å². The molecule has 1 aliphatic carbocycles. The molecular formula is C13H15NO. The number of H-pyrrole nitrogens is 1. The number of aromatic amines is 1. The van der Waals surface area contributed by atoms with Gasteiger partial charge in [-0.3, -0.25) is 0 Å². The zero-order valence-electron chi connectivity index (χ0n) is 8.83. The monoisotopic (exact) mass is 201 g/mol. The van der Waals surface area contributed by atoms with Crippen molar-refractivity contribution in [1.82, 2.24) is 4.98 Å². The second kappa shape index (κ2) is 3.02. The van der Waals surface area contributed by atoms with Crippen LogP contribution in [0.25, 0.3) is 10.9 Å². The summed E-state index contributed by atoms with van der Waals surface area (Å²) >= 11 is 0. The average Bonchev–Trinajstić information content (AvgIpc) is 2.97. The molecule has 78 valence electrons. The minimum absolute atomic E-state index is 0.466. The molecule has 1 unspecified atom stereocenters. The van der Waals surface area contributed by atoms with E-state index in [-0.39, 0.29) is 0 Å². The van der Waals surface area contributed by atoms with Gasteiger partial charge in [0.05, 0.1) is 0 Å². The largest absolute Gasteiger partial charge is 0.507 e. The van der Waals surface area contributed by atoms with E-state index in [0.29, 0.717) is 11.7 Å². The number of phenols is 1. The number of hydrogen-bond donors (Lipinski definition) is 2. The zero-order valence-corrected chi connectivity index (χ0v) is 8.83. The quantitative estimate of drug-likeness (QED) is 0.767. The molecule has 0 amide bonds. The van der Waals surface area contributed by atoms with E-state index in [9.17, 15) is 5.11 Å². The van der Waals surface area contributed by atoms with E-state index >= 15 is 0 Å². The molecule has 3 rings (SSSR count). The molecule has 1 aliphatic rings. The number of benzene rings is 1. The van der Waals surface area contributed by atoms with Crippen LogP contribution in [0.3, 0.4) is 0 Å². The molecule has 15 heavy (non-hydrogen) atoms. The fraction of sp³-hybridized carbons (Fsp3) is 0.385. The lowest BCUT2D eigenvalue weighted by atomic mass is 9.94. The predicted molar refractivity (Wildman–Crippen MR) is 61.1 cm³/mol. The fourth-order valence-electron chi connectivity index (χ4n) is 2.35. The lowest BCUT2D eigenvalue weighted by molar-refractivity contribution is 0.465. The minimum atomic E-state index is 0.466. The molecule has 1 fully saturated rings. The van der Waals surface area contributed by atoms with E-state index in [0.717, 1.165) is 22.4 Å². The summed E-state index contributed by atoms with van der Waals surface area (Å²) in [6.45, 7) is 2.21. The highest BCUT2D eigenvalue weighted by atomic mass is 16.3. The number of rotatable bonds is 2. The van der Waals surface area contributed by atoms with Crippen molar-refractivity contribution in [3.63, 3.8) is 0 Å². The van der Waals surface area contributed by atoms with Crippen LogP contribution >= 0.6 is 0 Å². The van der Waals surface area contributed by atoms with Gasteiger partial charge in [0.1, 0.15) is 5.75 Å². The average molecular weight is 201 g/mol. The maximum absolute atomic E-state index is 10.2. The van der Waals surface area contributed by atoms with Gasteiger partial charge in [-0.2, -0.15) is 0 Å². The summed E-state index contributed by atoms with van der Waals surface area (Å²) in [7, 11) is 0. The van der Waals surface area contributed by atoms with Crippen molar-refractivity contribution in [2.75, 3.05) is 0 Å². The molecule has 1 aromatic heterocycles. The second-order valence-corrected chi connectivity index (χ2v) is 4.57. The molecule has 0 bridgehead atoms. The Morgan fingerprint density at radius 1 is 1.33 bits per heavy atom. The number of aromatic nitrogens is 1. The summed E-state index contributed by atoms with van der Waals surface area (Å²) in [5.74, 6) is 1.74. The zero-order chi connectivity index (χ0) is 10.4. The molecule has 0 radical (unpaired) electrons. The van der Waals surface area contributed by atoms with Gasteiger partial charge in [0.25, 0.3) is 0 Å². The first-order chi connectivity index (χ1) is 7.27. The van der Waals surface area contributed by atoms with Gasteiger partial charge in [-0.1, -0.05) is 13.0 Å². The van der Waals surface area contributed by atoms with Crippen molar-refractivity contribution in [1.29, 1.82) is 0 Å². The summed E-state index contributed by atoms with van der Waals surface area (Å²) in [5.41, 5.74) is 2.11. The van der Waals surface area contributed by atoms with Crippen LogP contribution in [-0.2, 0) is 0 Å². The highest BCUT2D eigenvalue weighted by Gasteiger charge is 2.30. The third-order valence-corrected chi connectivity index (χ3v) is 3.56. The van der Waals surface area contributed by atoms with Gasteiger partial charge in [-0.25, -0.2) is 0 Å². The molecule has 2 heteroatoms. The molecule has 1 heterocycles. The molecule has 0 aliphatic heterocycles. The van der Waals surface area contributed by atoms with Crippen LogP contribution in [0.4, 0.5) is 0 Å². The van der Waals surface area contributed by atoms with Crippen LogP contribution in [-0.4, -0.2) is 10.1 Å². The Bertz CT molecular complexity index is 496. The van der Waals surface area contributed by atoms with Gasteiger partial charge >= 0.3 is 0 Å². The summed E-state index contributed by atoms with van der Waals surface area (Å²) in [4.78, 5) is 3.11. The molecule has 1 saturated carbocycles. The second-order valence-electron chi connectivity index (χ2n) is 4.57. The Morgan fingerprint density at radius 2 is 2.13 bits per heavy atom. The Hall–Kier alpha value is -1.44. The Balaban J connectivity index is 2.13. The molecule has 2 nitrogen and oxygen atoms in total. The Morgan fingerprint density at radius 3 is 2.87 bits per heavy atom. The van der Waals surface area contributed by atoms with Gasteiger partial charge in [0, 0.05) is 17.1 Å². The molecule has 0 spiro atoms. The van der Waals surface area contributed by atoms with Gasteiger partial charge in [0.15, 0.2) is 0 Å². The molecule has 1 atom stereocenters. The van der Waals surface area contributed by atoms with Crippen molar-refractivity contribution in [2.24, 2.45) is 5.92 Å². The summed E-state index contributed by atoms with van der Waals surface area (Å²) in [5, 5.41) is 11.1. The number of hydrogen-bond acceptors (Lipinski definition) is 1. The Labute approximate surface area is 88.9 Å². The third kappa shape index (κ3) is 1.32. The topological polar surface area (TPSA) is 36.0 Å². The summed E-state index contributed by atoms with van der Waals surface area (Å²) in [6, 6.07) is 6.05. The Kier molecular flexibility index (Phi) is 1.78. The molecule has 2 N–H and O–H groups in total. The maximum atomic E-state index is 10.2. The van der Waals surface area contributed by atoms with Crippen molar-refractivity contribution >= 4 is 10.9 Å². The molecule has 1 aromatic carbocycles. The number of aromatic hydroxyl groups is 1. The van der Waals surface area contributed by atoms with Crippen molar-refractivity contribution in [3.8, 4) is 5.75 Å². The third-order valence-electron chi connectivity index (χ3n) is 3.56. The summed E-state index contributed by atoms with van der Waals surface area (Å²) in [6.07, 6.45) is 4.49. The van der Waals surface area contributed by atoms with Gasteiger partial charge in [0.2, 0.25) is 0 Å². The van der Waals surface area contributed by atoms with E-state index in [1.807, 2.05) is 12.3 Å². The maximum Gasteiger partial charge on any atom is 0.128 e. The number of fused-ring (bicyclic) bond motifs is 1. The van der Waals surface area contributed by atoms with E-state index in [1.54, 1.807) is 0 Å². The highest BCUT2D eigenvalue weighted by molar-refractivity contribution is 5.87. The lowest BCUT2D eigenvalue weighted by Gasteiger charge is -2.12. The van der Waals surface area contributed by atoms with Crippen molar-refractivity contribution in [3.05, 3.63) is 30.0 Å². The minimum Gasteiger partial charge on any atom is -0.507 e. The van der Waals surface area contributed by atoms with Gasteiger partial charge in [-0.05, 0) is 42.4 Å². The number of phenolic OH excluding ortho intramolecular Hbond substituents is 1. The van der Waals surface area contributed by atoms with Gasteiger partial charge in [-0.15, -0.1) is 0 Å². The first-order valence-electron chi connectivity index (χ1n) is 5.56. The van der Waals surface area contributed by atoms with Crippen LogP contribution in [0.1, 0.15) is 31.2 Å². The van der Waals surface area contributed by atoms with Crippen LogP contribution in [0.2, 0.25) is 0 Å². The smallest absolute Gasteiger partial charge is 0.128 e. The normalized spacial score (nSPS) is 18.2. The van der Waals surface area contributed by atoms with E-state index in [4.69, 9.17) is 0 Å². The van der Waals surface area contributed by atoms with E-state index in [1.165, 1.54) is 12.8 Å². The first kappa shape index (κ1) is 8.84. The highest BCUT2D eigenvalue weighted by Crippen LogP contribution is 2.45. The summed E-state index contributed by atoms with van der Waals surface area (Å²) < 4.78 is 0. The number of nitrogens with one attached hydrogen (secondary N) is 1. The van der Waals surface area contributed by atoms with Crippen LogP contribution in [0, 0.1) is 5.92 Å². The van der Waals surface area contributed by atoms with Crippen LogP contribution in [0.5, 0.6) is 5.75 Å². The fourth-order valence-corrected chi connectivity index (χ4v) is 2.35. The van der Waals surface area contributed by atoms with Gasteiger partial charge < -0.3 is 10.1 Å². The van der Waals surface area contributed by atoms with Crippen molar-refractivity contribution in [2.45, 2.75) is 25.7 Å².